The van der Waals surface area contributed by atoms with Crippen LogP contribution < -0.4 is 21.3 Å². The molecule has 1 aromatic heterocycles. The smallest absolute Gasteiger partial charge is 0.255 e. The van der Waals surface area contributed by atoms with Crippen molar-refractivity contribution in [3.05, 3.63) is 108 Å². The van der Waals surface area contributed by atoms with Crippen LogP contribution in [-0.2, 0) is 4.74 Å². The Kier molecular flexibility index (Phi) is 8.39. The molecule has 2 aliphatic heterocycles. The number of nitrogens with one attached hydrogen (secondary N) is 2. The minimum Gasteiger partial charge on any atom is -0.485 e. The van der Waals surface area contributed by atoms with E-state index >= 15 is 0 Å². The summed E-state index contributed by atoms with van der Waals surface area (Å²) >= 11 is 0. The van der Waals surface area contributed by atoms with Gasteiger partial charge in [-0.05, 0) is 62.0 Å². The summed E-state index contributed by atoms with van der Waals surface area (Å²) in [5.41, 5.74) is 12.2. The molecule has 4 N–H and O–H groups in total. The third-order valence-corrected chi connectivity index (χ3v) is 7.65. The Labute approximate surface area is 242 Å². The number of dihydropyridines is 1. The summed E-state index contributed by atoms with van der Waals surface area (Å²) in [6, 6.07) is 19.2. The molecule has 3 aromatic rings. The molecule has 214 valence electrons. The molecular weight excluding hydrogens is 514 g/mol. The Bertz CT molecular complexity index is 1430. The van der Waals surface area contributed by atoms with Crippen LogP contribution in [0.4, 0.5) is 11.4 Å². The second kappa shape index (κ2) is 12.1. The fourth-order valence-corrected chi connectivity index (χ4v) is 5.04. The molecule has 5 rings (SSSR count). The van der Waals surface area contributed by atoms with E-state index < -0.39 is 5.79 Å². The van der Waals surface area contributed by atoms with Crippen LogP contribution in [0.15, 0.2) is 91.1 Å². The van der Waals surface area contributed by atoms with E-state index in [1.807, 2.05) is 105 Å². The largest absolute Gasteiger partial charge is 0.485 e. The molecule has 1 saturated heterocycles. The summed E-state index contributed by atoms with van der Waals surface area (Å²) in [5, 5.41) is 6.48. The van der Waals surface area contributed by atoms with Crippen LogP contribution in [0.1, 0.15) is 34.5 Å². The average Bonchev–Trinajstić information content (AvgIpc) is 2.99. The molecule has 1 fully saturated rings. The van der Waals surface area contributed by atoms with Gasteiger partial charge < -0.3 is 25.2 Å². The highest BCUT2D eigenvalue weighted by atomic mass is 16.5. The van der Waals surface area contributed by atoms with Gasteiger partial charge in [0.2, 0.25) is 5.79 Å². The molecule has 2 aliphatic rings. The Morgan fingerprint density at radius 3 is 2.61 bits per heavy atom. The van der Waals surface area contributed by atoms with E-state index in [0.29, 0.717) is 17.0 Å². The fraction of sp³-hybridized carbons (Fsp3) is 0.312. The number of nitrogens with zero attached hydrogens (tertiary/aromatic N) is 4. The van der Waals surface area contributed by atoms with Crippen molar-refractivity contribution in [2.45, 2.75) is 18.8 Å². The van der Waals surface area contributed by atoms with E-state index in [0.717, 1.165) is 48.6 Å². The molecule has 1 amide bonds. The number of likely N-dealkylation sites (N-methyl/N-ethyl adjacent to an activating group) is 1. The molecule has 9 heteroatoms. The molecule has 0 radical (unpaired) electrons. The zero-order valence-electron chi connectivity index (χ0n) is 24.2. The van der Waals surface area contributed by atoms with Gasteiger partial charge in [0.1, 0.15) is 6.10 Å². The number of nitrogens with two attached hydrogens (primary N) is 1. The predicted molar refractivity (Wildman–Crippen MR) is 164 cm³/mol. The Morgan fingerprint density at radius 2 is 1.88 bits per heavy atom. The van der Waals surface area contributed by atoms with Gasteiger partial charge >= 0.3 is 0 Å². The van der Waals surface area contributed by atoms with Gasteiger partial charge in [0.25, 0.3) is 5.91 Å². The van der Waals surface area contributed by atoms with Gasteiger partial charge in [-0.15, -0.1) is 0 Å². The number of rotatable bonds is 8. The number of pyridine rings is 1. The molecule has 0 saturated carbocycles. The van der Waals surface area contributed by atoms with Crippen LogP contribution in [0.3, 0.4) is 0 Å². The first-order valence-corrected chi connectivity index (χ1v) is 13.9. The molecule has 2 aromatic carbocycles. The van der Waals surface area contributed by atoms with E-state index in [9.17, 15) is 4.79 Å². The number of anilines is 2. The van der Waals surface area contributed by atoms with E-state index in [2.05, 4.69) is 32.5 Å². The van der Waals surface area contributed by atoms with Crippen molar-refractivity contribution in [2.75, 3.05) is 57.5 Å². The van der Waals surface area contributed by atoms with Crippen LogP contribution in [0, 0.1) is 0 Å². The number of hydrogen-bond acceptors (Lipinski definition) is 8. The summed E-state index contributed by atoms with van der Waals surface area (Å²) in [4.78, 5) is 23.8. The van der Waals surface area contributed by atoms with E-state index in [1.54, 1.807) is 6.20 Å². The maximum atomic E-state index is 13.0. The molecule has 2 atom stereocenters. The number of carbonyl (C=O) groups excluding carboxylic acids is 1. The highest BCUT2D eigenvalue weighted by molar-refractivity contribution is 6.04. The first-order chi connectivity index (χ1) is 19.7. The lowest BCUT2D eigenvalue weighted by Crippen LogP contribution is -2.69. The van der Waals surface area contributed by atoms with Crippen molar-refractivity contribution in [3.8, 4) is 0 Å². The zero-order chi connectivity index (χ0) is 29.0. The van der Waals surface area contributed by atoms with Gasteiger partial charge in [0, 0.05) is 86.9 Å². The van der Waals surface area contributed by atoms with Crippen LogP contribution in [0.5, 0.6) is 0 Å². The number of carbonyl (C=O) groups is 1. The summed E-state index contributed by atoms with van der Waals surface area (Å²) in [6.07, 6.45) is 7.19. The number of aromatic nitrogens is 1. The standard InChI is InChI=1S/C32H39N7O2/c1-23(24-8-5-11-28(18-24)36-31(40)25-9-6-12-29(19-25)37(2)3)41-30-20-27(26-10-7-13-34-21-26)22-35-32(30,33)39-16-14-38(4)15-17-39/h5-13,18-23,35H,14-17,33H2,1-4H3,(H,36,40). The number of piperazine rings is 1. The van der Waals surface area contributed by atoms with Crippen molar-refractivity contribution in [1.29, 1.82) is 0 Å². The number of ether oxygens (including phenoxy) is 1. The highest BCUT2D eigenvalue weighted by Gasteiger charge is 2.41. The van der Waals surface area contributed by atoms with Gasteiger partial charge in [-0.2, -0.15) is 0 Å². The quantitative estimate of drug-likeness (QED) is 0.387. The molecule has 3 heterocycles. The SMILES string of the molecule is CC(OC1=CC(c2cccnc2)=CNC1(N)N1CCN(C)CC1)c1cccc(NC(=O)c2cccc(N(C)C)c2)c1. The average molecular weight is 554 g/mol. The lowest BCUT2D eigenvalue weighted by Gasteiger charge is -2.47. The van der Waals surface area contributed by atoms with E-state index in [1.165, 1.54) is 0 Å². The Balaban J connectivity index is 1.37. The van der Waals surface area contributed by atoms with Crippen LogP contribution >= 0.6 is 0 Å². The molecule has 9 nitrogen and oxygen atoms in total. The van der Waals surface area contributed by atoms with Gasteiger partial charge in [-0.1, -0.05) is 24.3 Å². The van der Waals surface area contributed by atoms with Crippen molar-refractivity contribution >= 4 is 22.9 Å². The predicted octanol–water partition coefficient (Wildman–Crippen LogP) is 3.87. The topological polar surface area (TPSA) is 99.0 Å². The zero-order valence-corrected chi connectivity index (χ0v) is 24.2. The minimum atomic E-state index is -0.996. The summed E-state index contributed by atoms with van der Waals surface area (Å²) in [5.74, 6) is -0.531. The molecule has 0 bridgehead atoms. The first-order valence-electron chi connectivity index (χ1n) is 13.9. The Morgan fingerprint density at radius 1 is 1.10 bits per heavy atom. The van der Waals surface area contributed by atoms with Gasteiger partial charge in [-0.3, -0.25) is 20.4 Å². The first kappa shape index (κ1) is 28.4. The molecule has 2 unspecified atom stereocenters. The molecular formula is C32H39N7O2. The molecule has 0 aliphatic carbocycles. The number of benzene rings is 2. The van der Waals surface area contributed by atoms with Crippen LogP contribution in [0.25, 0.3) is 5.57 Å². The summed E-state index contributed by atoms with van der Waals surface area (Å²) in [7, 11) is 6.03. The lowest BCUT2D eigenvalue weighted by atomic mass is 10.0. The number of allylic oxidation sites excluding steroid dienone is 2. The Hall–Kier alpha value is -4.18. The minimum absolute atomic E-state index is 0.166. The van der Waals surface area contributed by atoms with Gasteiger partial charge in [0.15, 0.2) is 5.76 Å². The van der Waals surface area contributed by atoms with Crippen molar-refractivity contribution in [2.24, 2.45) is 5.73 Å². The maximum Gasteiger partial charge on any atom is 0.255 e. The summed E-state index contributed by atoms with van der Waals surface area (Å²) < 4.78 is 6.65. The van der Waals surface area contributed by atoms with E-state index in [4.69, 9.17) is 10.5 Å². The molecule has 0 spiro atoms. The van der Waals surface area contributed by atoms with Crippen LogP contribution in [0.2, 0.25) is 0 Å². The highest BCUT2D eigenvalue weighted by Crippen LogP contribution is 2.33. The lowest BCUT2D eigenvalue weighted by molar-refractivity contribution is -0.00996. The fourth-order valence-electron chi connectivity index (χ4n) is 5.04. The van der Waals surface area contributed by atoms with Crippen molar-refractivity contribution in [3.63, 3.8) is 0 Å². The number of amides is 1. The second-order valence-electron chi connectivity index (χ2n) is 10.8. The summed E-state index contributed by atoms with van der Waals surface area (Å²) in [6.45, 7) is 5.45. The van der Waals surface area contributed by atoms with Crippen LogP contribution in [-0.4, -0.2) is 73.8 Å². The molecule has 41 heavy (non-hydrogen) atoms. The second-order valence-corrected chi connectivity index (χ2v) is 10.8. The third-order valence-electron chi connectivity index (χ3n) is 7.65. The van der Waals surface area contributed by atoms with Crippen molar-refractivity contribution < 1.29 is 9.53 Å². The van der Waals surface area contributed by atoms with Gasteiger partial charge in [0.05, 0.1) is 0 Å². The van der Waals surface area contributed by atoms with Crippen molar-refractivity contribution in [1.82, 2.24) is 20.1 Å². The third kappa shape index (κ3) is 6.43. The maximum absolute atomic E-state index is 13.0. The van der Waals surface area contributed by atoms with E-state index in [-0.39, 0.29) is 12.0 Å². The monoisotopic (exact) mass is 553 g/mol. The number of hydrogen-bond donors (Lipinski definition) is 3. The van der Waals surface area contributed by atoms with Gasteiger partial charge in [-0.25, -0.2) is 0 Å². The normalized spacial score (nSPS) is 20.3.